The van der Waals surface area contributed by atoms with Crippen LogP contribution in [0.25, 0.3) is 0 Å². The van der Waals surface area contributed by atoms with Crippen molar-refractivity contribution in [2.45, 2.75) is 13.8 Å². The van der Waals surface area contributed by atoms with Gasteiger partial charge in [-0.05, 0) is 0 Å². The van der Waals surface area contributed by atoms with Crippen molar-refractivity contribution < 1.29 is 27.3 Å². The molecule has 0 aromatic rings. The van der Waals surface area contributed by atoms with E-state index in [1.54, 1.807) is 0 Å². The van der Waals surface area contributed by atoms with Gasteiger partial charge in [-0.2, -0.15) is 13.8 Å². The average Bonchev–Trinajstić information content (AvgIpc) is 0.918. The van der Waals surface area contributed by atoms with Crippen LogP contribution in [0.3, 0.4) is 0 Å². The third kappa shape index (κ3) is 49.4. The fraction of sp³-hybridized carbons (Fsp3) is 0.500. The number of hydrogen-bond acceptors (Lipinski definition) is 0. The minimum absolute atomic E-state index is 0. The molecule has 0 bridgehead atoms. The molecular weight excluding hydrogens is 160 g/mol. The third-order valence-electron chi connectivity index (χ3n) is 0. The van der Waals surface area contributed by atoms with Gasteiger partial charge in [0.05, 0.1) is 0 Å². The molecule has 0 aromatic heterocycles. The van der Waals surface area contributed by atoms with E-state index in [1.165, 1.54) is 0 Å². The van der Waals surface area contributed by atoms with Crippen LogP contribution in [0.1, 0.15) is 13.8 Å². The Balaban J connectivity index is -0.0000000200. The van der Waals surface area contributed by atoms with Gasteiger partial charge in [-0.25, -0.2) is 0 Å². The van der Waals surface area contributed by atoms with E-state index in [0.717, 1.165) is 0 Å². The summed E-state index contributed by atoms with van der Waals surface area (Å²) in [5.74, 6) is 0. The standard InChI is InChI=1S/C3H7.CH3.Cd/c1-3-2;;/h3H,1-2H3;1H3;/q2*-1;+2. The van der Waals surface area contributed by atoms with Crippen molar-refractivity contribution in [3.63, 3.8) is 0 Å². The van der Waals surface area contributed by atoms with Crippen molar-refractivity contribution in [3.8, 4) is 0 Å². The van der Waals surface area contributed by atoms with Gasteiger partial charge in [-0.1, -0.05) is 0 Å². The molecule has 0 unspecified atom stereocenters. The second-order valence-electron chi connectivity index (χ2n) is 0.577. The van der Waals surface area contributed by atoms with E-state index < -0.39 is 0 Å². The maximum Gasteiger partial charge on any atom is 2.00 e. The molecular formula is C4H10Cd. The first-order valence-corrected chi connectivity index (χ1v) is 1.15. The largest absolute Gasteiger partial charge is 2.00 e. The summed E-state index contributed by atoms with van der Waals surface area (Å²) >= 11 is 0. The van der Waals surface area contributed by atoms with E-state index in [0.29, 0.717) is 0 Å². The summed E-state index contributed by atoms with van der Waals surface area (Å²) in [4.78, 5) is 0. The number of hydrogen-bond donors (Lipinski definition) is 0. The van der Waals surface area contributed by atoms with Crippen molar-refractivity contribution in [1.82, 2.24) is 0 Å². The summed E-state index contributed by atoms with van der Waals surface area (Å²) in [6, 6.07) is 0. The fourth-order valence-electron chi connectivity index (χ4n) is 0. The van der Waals surface area contributed by atoms with Gasteiger partial charge in [0.2, 0.25) is 0 Å². The summed E-state index contributed by atoms with van der Waals surface area (Å²) in [5.41, 5.74) is 0. The van der Waals surface area contributed by atoms with Crippen LogP contribution in [0.15, 0.2) is 0 Å². The molecule has 0 spiro atoms. The van der Waals surface area contributed by atoms with Crippen LogP contribution >= 0.6 is 0 Å². The van der Waals surface area contributed by atoms with Gasteiger partial charge in [-0.3, -0.25) is 0 Å². The first-order chi connectivity index (χ1) is 1.41. The van der Waals surface area contributed by atoms with Crippen LogP contribution in [-0.4, -0.2) is 0 Å². The van der Waals surface area contributed by atoms with Gasteiger partial charge in [0, 0.05) is 0 Å². The Bertz CT molecular complexity index is 3.61. The van der Waals surface area contributed by atoms with Crippen LogP contribution in [0.5, 0.6) is 0 Å². The normalized spacial score (nSPS) is 3.60. The molecule has 0 N–H and O–H groups in total. The van der Waals surface area contributed by atoms with Gasteiger partial charge in [0.25, 0.3) is 0 Å². The van der Waals surface area contributed by atoms with Crippen molar-refractivity contribution in [3.05, 3.63) is 13.8 Å². The second-order valence-corrected chi connectivity index (χ2v) is 0.577. The second kappa shape index (κ2) is 20.5. The molecule has 28 valence electrons. The monoisotopic (exact) mass is 172 g/mol. The topological polar surface area (TPSA) is 0 Å². The Morgan fingerprint density at radius 1 is 1.20 bits per heavy atom. The Labute approximate surface area is 55.1 Å². The average molecular weight is 171 g/mol. The third-order valence-corrected chi connectivity index (χ3v) is 0. The zero-order valence-corrected chi connectivity index (χ0v) is 8.32. The molecule has 0 aliphatic rings. The van der Waals surface area contributed by atoms with Crippen molar-refractivity contribution in [1.29, 1.82) is 0 Å². The van der Waals surface area contributed by atoms with Gasteiger partial charge in [0.15, 0.2) is 0 Å². The molecule has 0 fully saturated rings. The maximum atomic E-state index is 2.00. The molecule has 1 heteroatoms. The van der Waals surface area contributed by atoms with Crippen LogP contribution in [0.2, 0.25) is 0 Å². The van der Waals surface area contributed by atoms with Crippen molar-refractivity contribution >= 4 is 0 Å². The summed E-state index contributed by atoms with van der Waals surface area (Å²) in [7, 11) is 0. The molecule has 0 amide bonds. The van der Waals surface area contributed by atoms with Crippen molar-refractivity contribution in [2.75, 3.05) is 0 Å². The molecule has 0 atom stereocenters. The molecule has 0 rings (SSSR count). The van der Waals surface area contributed by atoms with E-state index in [4.69, 9.17) is 0 Å². The summed E-state index contributed by atoms with van der Waals surface area (Å²) < 4.78 is 0. The predicted octanol–water partition coefficient (Wildman–Crippen LogP) is 1.68. The minimum atomic E-state index is 0. The van der Waals surface area contributed by atoms with Crippen LogP contribution in [0, 0.1) is 13.8 Å². The SMILES string of the molecule is C[CH-]C.[CH3-].[Cd+2]. The van der Waals surface area contributed by atoms with E-state index in [9.17, 15) is 0 Å². The van der Waals surface area contributed by atoms with E-state index in [2.05, 4.69) is 0 Å². The molecule has 0 aliphatic carbocycles. The van der Waals surface area contributed by atoms with Gasteiger partial charge < -0.3 is 13.8 Å². The van der Waals surface area contributed by atoms with Crippen LogP contribution < -0.4 is 0 Å². The Morgan fingerprint density at radius 2 is 1.20 bits per heavy atom. The first-order valence-electron chi connectivity index (χ1n) is 1.15. The van der Waals surface area contributed by atoms with Gasteiger partial charge in [0.1, 0.15) is 0 Å². The molecule has 0 saturated heterocycles. The first kappa shape index (κ1) is 16.8. The van der Waals surface area contributed by atoms with Crippen LogP contribution in [0.4, 0.5) is 0 Å². The summed E-state index contributed by atoms with van der Waals surface area (Å²) in [6.07, 6.45) is 2.00. The summed E-state index contributed by atoms with van der Waals surface area (Å²) in [5, 5.41) is 0. The smallest absolute Gasteiger partial charge is 0.358 e. The van der Waals surface area contributed by atoms with Gasteiger partial charge in [-0.15, -0.1) is 0 Å². The molecule has 0 nitrogen and oxygen atoms in total. The Morgan fingerprint density at radius 3 is 1.20 bits per heavy atom. The Kier molecular flexibility index (Phi) is 68.9. The molecule has 0 heterocycles. The Hall–Kier alpha value is 0.922. The molecule has 0 radical (unpaired) electrons. The van der Waals surface area contributed by atoms with Crippen molar-refractivity contribution in [2.24, 2.45) is 0 Å². The molecule has 0 aliphatic heterocycles. The molecule has 0 aromatic carbocycles. The van der Waals surface area contributed by atoms with Crippen LogP contribution in [-0.2, 0) is 27.3 Å². The zero-order chi connectivity index (χ0) is 2.71. The quantitative estimate of drug-likeness (QED) is 0.383. The summed E-state index contributed by atoms with van der Waals surface area (Å²) in [6.45, 7) is 4.00. The minimum Gasteiger partial charge on any atom is -0.358 e. The number of rotatable bonds is 0. The zero-order valence-electron chi connectivity index (χ0n) is 4.28. The van der Waals surface area contributed by atoms with E-state index in [1.807, 2.05) is 20.3 Å². The van der Waals surface area contributed by atoms with E-state index >= 15 is 0 Å². The predicted molar refractivity (Wildman–Crippen MR) is 22.1 cm³/mol. The maximum absolute atomic E-state index is 2.00. The van der Waals surface area contributed by atoms with Gasteiger partial charge >= 0.3 is 27.3 Å². The molecule has 5 heavy (non-hydrogen) atoms. The fourth-order valence-corrected chi connectivity index (χ4v) is 0. The molecule has 0 saturated carbocycles. The van der Waals surface area contributed by atoms with E-state index in [-0.39, 0.29) is 34.7 Å².